The summed E-state index contributed by atoms with van der Waals surface area (Å²) < 4.78 is 22.6. The van der Waals surface area contributed by atoms with Crippen LogP contribution in [0.2, 0.25) is 0 Å². The maximum absolute atomic E-state index is 5.92. The van der Waals surface area contributed by atoms with Gasteiger partial charge in [-0.25, -0.2) is 0 Å². The van der Waals surface area contributed by atoms with Crippen molar-refractivity contribution in [1.82, 2.24) is 0 Å². The molecule has 3 unspecified atom stereocenters. The molecule has 0 N–H and O–H groups in total. The van der Waals surface area contributed by atoms with Gasteiger partial charge in [-0.1, -0.05) is 43.7 Å². The Balaban J connectivity index is 2.61. The number of rotatable bonds is 11. The van der Waals surface area contributed by atoms with Crippen molar-refractivity contribution < 1.29 is 18.9 Å². The van der Waals surface area contributed by atoms with Gasteiger partial charge in [-0.15, -0.1) is 0 Å². The molecule has 1 aromatic carbocycles. The van der Waals surface area contributed by atoms with Crippen LogP contribution in [0.5, 0.6) is 0 Å². The summed E-state index contributed by atoms with van der Waals surface area (Å²) >= 11 is 0. The van der Waals surface area contributed by atoms with Gasteiger partial charge >= 0.3 is 0 Å². The maximum Gasteiger partial charge on any atom is 0.186 e. The lowest BCUT2D eigenvalue weighted by molar-refractivity contribution is -0.229. The van der Waals surface area contributed by atoms with E-state index in [1.807, 2.05) is 37.3 Å². The van der Waals surface area contributed by atoms with Crippen molar-refractivity contribution in [1.29, 1.82) is 0 Å². The van der Waals surface area contributed by atoms with Crippen molar-refractivity contribution in [2.24, 2.45) is 0 Å². The SMILES string of the molecule is CCCCOC(OCc1ccccc1)C(OC)C(C)OC. The van der Waals surface area contributed by atoms with Crippen LogP contribution in [0.4, 0.5) is 0 Å². The van der Waals surface area contributed by atoms with Gasteiger partial charge in [0.05, 0.1) is 12.7 Å². The molecule has 0 aliphatic carbocycles. The monoisotopic (exact) mass is 296 g/mol. The highest BCUT2D eigenvalue weighted by molar-refractivity contribution is 5.13. The van der Waals surface area contributed by atoms with Crippen molar-refractivity contribution in [3.63, 3.8) is 0 Å². The molecule has 4 heteroatoms. The highest BCUT2D eigenvalue weighted by Crippen LogP contribution is 2.15. The summed E-state index contributed by atoms with van der Waals surface area (Å²) in [6, 6.07) is 10.0. The lowest BCUT2D eigenvalue weighted by atomic mass is 10.2. The fraction of sp³-hybridized carbons (Fsp3) is 0.647. The topological polar surface area (TPSA) is 36.9 Å². The molecule has 21 heavy (non-hydrogen) atoms. The van der Waals surface area contributed by atoms with E-state index in [0.29, 0.717) is 13.2 Å². The number of ether oxygens (including phenoxy) is 4. The largest absolute Gasteiger partial charge is 0.379 e. The van der Waals surface area contributed by atoms with Crippen molar-refractivity contribution in [3.05, 3.63) is 35.9 Å². The molecule has 0 saturated heterocycles. The summed E-state index contributed by atoms with van der Waals surface area (Å²) in [6.07, 6.45) is 1.30. The van der Waals surface area contributed by atoms with E-state index in [9.17, 15) is 0 Å². The third-order valence-electron chi connectivity index (χ3n) is 3.41. The normalized spacial score (nSPS) is 15.6. The first-order valence-electron chi connectivity index (χ1n) is 7.55. The highest BCUT2D eigenvalue weighted by atomic mass is 16.7. The number of hydrogen-bond acceptors (Lipinski definition) is 4. The molecule has 1 rings (SSSR count). The van der Waals surface area contributed by atoms with Crippen LogP contribution in [-0.4, -0.2) is 39.3 Å². The minimum atomic E-state index is -0.434. The van der Waals surface area contributed by atoms with Crippen molar-refractivity contribution in [2.45, 2.75) is 51.8 Å². The smallest absolute Gasteiger partial charge is 0.186 e. The number of unbranched alkanes of at least 4 members (excludes halogenated alkanes) is 1. The second kappa shape index (κ2) is 10.7. The fourth-order valence-corrected chi connectivity index (χ4v) is 1.99. The van der Waals surface area contributed by atoms with E-state index in [1.54, 1.807) is 14.2 Å². The van der Waals surface area contributed by atoms with E-state index in [1.165, 1.54) is 0 Å². The molecule has 0 radical (unpaired) electrons. The van der Waals surface area contributed by atoms with E-state index in [-0.39, 0.29) is 12.2 Å². The van der Waals surface area contributed by atoms with E-state index in [4.69, 9.17) is 18.9 Å². The second-order valence-electron chi connectivity index (χ2n) is 5.03. The first-order chi connectivity index (χ1) is 10.2. The van der Waals surface area contributed by atoms with Crippen LogP contribution < -0.4 is 0 Å². The van der Waals surface area contributed by atoms with Gasteiger partial charge in [-0.3, -0.25) is 0 Å². The maximum atomic E-state index is 5.92. The van der Waals surface area contributed by atoms with Crippen LogP contribution in [0, 0.1) is 0 Å². The molecule has 120 valence electrons. The first-order valence-corrected chi connectivity index (χ1v) is 7.55. The number of methoxy groups -OCH3 is 2. The summed E-state index contributed by atoms with van der Waals surface area (Å²) in [7, 11) is 3.32. The van der Waals surface area contributed by atoms with Gasteiger partial charge in [0.25, 0.3) is 0 Å². The minimum absolute atomic E-state index is 0.0996. The van der Waals surface area contributed by atoms with Gasteiger partial charge < -0.3 is 18.9 Å². The second-order valence-corrected chi connectivity index (χ2v) is 5.03. The number of benzene rings is 1. The average Bonchev–Trinajstić information content (AvgIpc) is 2.53. The quantitative estimate of drug-likeness (QED) is 0.463. The van der Waals surface area contributed by atoms with Gasteiger partial charge in [-0.2, -0.15) is 0 Å². The Labute approximate surface area is 128 Å². The van der Waals surface area contributed by atoms with Crippen molar-refractivity contribution in [3.8, 4) is 0 Å². The van der Waals surface area contributed by atoms with E-state index in [2.05, 4.69) is 6.92 Å². The molecule has 4 nitrogen and oxygen atoms in total. The fourth-order valence-electron chi connectivity index (χ4n) is 1.99. The zero-order valence-electron chi connectivity index (χ0n) is 13.6. The van der Waals surface area contributed by atoms with Crippen LogP contribution >= 0.6 is 0 Å². The summed E-state index contributed by atoms with van der Waals surface area (Å²) in [5.41, 5.74) is 1.11. The van der Waals surface area contributed by atoms with Gasteiger partial charge in [-0.05, 0) is 18.9 Å². The Hall–Kier alpha value is -0.940. The molecule has 0 fully saturated rings. The van der Waals surface area contributed by atoms with Gasteiger partial charge in [0.15, 0.2) is 6.29 Å². The van der Waals surface area contributed by atoms with Gasteiger partial charge in [0, 0.05) is 20.8 Å². The van der Waals surface area contributed by atoms with Crippen molar-refractivity contribution in [2.75, 3.05) is 20.8 Å². The molecule has 0 aromatic heterocycles. The van der Waals surface area contributed by atoms with Crippen LogP contribution in [-0.2, 0) is 25.6 Å². The van der Waals surface area contributed by atoms with Crippen LogP contribution in [0.1, 0.15) is 32.3 Å². The molecule has 0 heterocycles. The number of hydrogen-bond donors (Lipinski definition) is 0. The van der Waals surface area contributed by atoms with E-state index >= 15 is 0 Å². The first kappa shape index (κ1) is 18.1. The molecule has 1 aromatic rings. The molecule has 0 aliphatic rings. The summed E-state index contributed by atoms with van der Waals surface area (Å²) in [4.78, 5) is 0. The zero-order chi connectivity index (χ0) is 15.5. The van der Waals surface area contributed by atoms with Crippen LogP contribution in [0.3, 0.4) is 0 Å². The molecule has 0 aliphatic heterocycles. The molecule has 0 amide bonds. The molecular formula is C17H28O4. The molecule has 0 spiro atoms. The van der Waals surface area contributed by atoms with Crippen LogP contribution in [0.15, 0.2) is 30.3 Å². The van der Waals surface area contributed by atoms with E-state index < -0.39 is 6.29 Å². The summed E-state index contributed by atoms with van der Waals surface area (Å²) in [5.74, 6) is 0. The average molecular weight is 296 g/mol. The summed E-state index contributed by atoms with van der Waals surface area (Å²) in [6.45, 7) is 5.24. The lowest BCUT2D eigenvalue weighted by Gasteiger charge is -2.30. The predicted molar refractivity (Wildman–Crippen MR) is 83.1 cm³/mol. The Morgan fingerprint density at radius 3 is 2.29 bits per heavy atom. The van der Waals surface area contributed by atoms with Crippen molar-refractivity contribution >= 4 is 0 Å². The predicted octanol–water partition coefficient (Wildman–Crippen LogP) is 3.40. The molecule has 0 saturated carbocycles. The summed E-state index contributed by atoms with van der Waals surface area (Å²) in [5, 5.41) is 0. The van der Waals surface area contributed by atoms with Crippen LogP contribution in [0.25, 0.3) is 0 Å². The third kappa shape index (κ3) is 6.57. The minimum Gasteiger partial charge on any atom is -0.379 e. The Morgan fingerprint density at radius 2 is 1.71 bits per heavy atom. The standard InChI is InChI=1S/C17H28O4/c1-5-6-12-20-17(16(19-4)14(2)18-3)21-13-15-10-8-7-9-11-15/h7-11,14,16-17H,5-6,12-13H2,1-4H3. The molecule has 3 atom stereocenters. The van der Waals surface area contributed by atoms with Gasteiger partial charge in [0.1, 0.15) is 6.10 Å². The Kier molecular flexibility index (Phi) is 9.26. The molecule has 0 bridgehead atoms. The molecular weight excluding hydrogens is 268 g/mol. The third-order valence-corrected chi connectivity index (χ3v) is 3.41. The Morgan fingerprint density at radius 1 is 1.00 bits per heavy atom. The van der Waals surface area contributed by atoms with E-state index in [0.717, 1.165) is 18.4 Å². The zero-order valence-corrected chi connectivity index (χ0v) is 13.6. The lowest BCUT2D eigenvalue weighted by Crippen LogP contribution is -2.42. The highest BCUT2D eigenvalue weighted by Gasteiger charge is 2.28. The Bertz CT molecular complexity index is 355. The van der Waals surface area contributed by atoms with Gasteiger partial charge in [0.2, 0.25) is 0 Å².